The second-order valence-corrected chi connectivity index (χ2v) is 11.1. The number of halogens is 1. The highest BCUT2D eigenvalue weighted by molar-refractivity contribution is 7.88. The monoisotopic (exact) mass is 555 g/mol. The number of rotatable bonds is 14. The average molecular weight is 556 g/mol. The Kier molecular flexibility index (Phi) is 11.2. The van der Waals surface area contributed by atoms with E-state index in [1.54, 1.807) is 61.7 Å². The quantitative estimate of drug-likeness (QED) is 0.307. The summed E-state index contributed by atoms with van der Waals surface area (Å²) in [4.78, 5) is 28.8. The van der Waals surface area contributed by atoms with Gasteiger partial charge < -0.3 is 15.0 Å². The molecule has 1 atom stereocenters. The van der Waals surface area contributed by atoms with Gasteiger partial charge in [0, 0.05) is 33.4 Å². The highest BCUT2D eigenvalue weighted by atomic mass is 32.2. The Balaban J connectivity index is 1.98. The van der Waals surface area contributed by atoms with Gasteiger partial charge in [0.1, 0.15) is 11.9 Å². The molecule has 0 aliphatic carbocycles. The van der Waals surface area contributed by atoms with Crippen molar-refractivity contribution >= 4 is 21.8 Å². The Morgan fingerprint density at radius 1 is 0.897 bits per heavy atom. The van der Waals surface area contributed by atoms with Crippen LogP contribution in [0.3, 0.4) is 0 Å². The van der Waals surface area contributed by atoms with Gasteiger partial charge in [-0.3, -0.25) is 9.59 Å². The number of hydrogen-bond acceptors (Lipinski definition) is 5. The Labute approximate surface area is 229 Å². The van der Waals surface area contributed by atoms with Crippen LogP contribution < -0.4 is 5.32 Å². The predicted molar refractivity (Wildman–Crippen MR) is 147 cm³/mol. The van der Waals surface area contributed by atoms with Crippen molar-refractivity contribution in [2.45, 2.75) is 25.6 Å². The lowest BCUT2D eigenvalue weighted by Crippen LogP contribution is -2.48. The van der Waals surface area contributed by atoms with Crippen LogP contribution >= 0.6 is 0 Å². The normalized spacial score (nSPS) is 12.2. The maximum atomic E-state index is 13.9. The molecule has 0 saturated carbocycles. The Bertz CT molecular complexity index is 1310. The van der Waals surface area contributed by atoms with E-state index in [4.69, 9.17) is 4.74 Å². The Morgan fingerprint density at radius 2 is 1.49 bits per heavy atom. The van der Waals surface area contributed by atoms with Gasteiger partial charge in [0.15, 0.2) is 0 Å². The van der Waals surface area contributed by atoms with Crippen LogP contribution in [0.2, 0.25) is 0 Å². The molecule has 3 rings (SSSR count). The molecule has 3 aromatic rings. The summed E-state index contributed by atoms with van der Waals surface area (Å²) in [5.74, 6) is -1.42. The number of methoxy groups -OCH3 is 1. The summed E-state index contributed by atoms with van der Waals surface area (Å²) in [5.41, 5.74) is 1.87. The molecular formula is C29H34FN3O5S. The molecule has 0 aromatic heterocycles. The summed E-state index contributed by atoms with van der Waals surface area (Å²) in [5, 5.41) is 2.87. The van der Waals surface area contributed by atoms with Crippen molar-refractivity contribution < 1.29 is 27.1 Å². The molecule has 39 heavy (non-hydrogen) atoms. The first-order valence-electron chi connectivity index (χ1n) is 12.5. The van der Waals surface area contributed by atoms with Crippen molar-refractivity contribution in [3.05, 3.63) is 107 Å². The smallest absolute Gasteiger partial charge is 0.247 e. The van der Waals surface area contributed by atoms with E-state index >= 15 is 0 Å². The van der Waals surface area contributed by atoms with E-state index in [1.165, 1.54) is 29.2 Å². The molecule has 0 saturated heterocycles. The van der Waals surface area contributed by atoms with Gasteiger partial charge >= 0.3 is 0 Å². The van der Waals surface area contributed by atoms with Crippen LogP contribution in [0.1, 0.15) is 29.2 Å². The zero-order valence-corrected chi connectivity index (χ0v) is 22.9. The number of carbonyl (C=O) groups is 2. The lowest BCUT2D eigenvalue weighted by Gasteiger charge is -2.33. The van der Waals surface area contributed by atoms with E-state index in [1.807, 2.05) is 6.07 Å². The first kappa shape index (κ1) is 29.9. The summed E-state index contributed by atoms with van der Waals surface area (Å²) in [6, 6.07) is 22.3. The number of hydrogen-bond donors (Lipinski definition) is 1. The third-order valence-electron chi connectivity index (χ3n) is 6.07. The highest BCUT2D eigenvalue weighted by Crippen LogP contribution is 2.25. The molecule has 10 heteroatoms. The minimum atomic E-state index is -3.78. The molecular weight excluding hydrogens is 521 g/mol. The van der Waals surface area contributed by atoms with E-state index in [9.17, 15) is 22.4 Å². The van der Waals surface area contributed by atoms with Crippen LogP contribution in [0.4, 0.5) is 4.39 Å². The second-order valence-electron chi connectivity index (χ2n) is 9.12. The number of nitrogens with one attached hydrogen (secondary N) is 1. The fourth-order valence-corrected chi connectivity index (χ4v) is 4.79. The van der Waals surface area contributed by atoms with Gasteiger partial charge in [-0.05, 0) is 35.2 Å². The maximum absolute atomic E-state index is 13.9. The van der Waals surface area contributed by atoms with E-state index < -0.39 is 40.2 Å². The van der Waals surface area contributed by atoms with Crippen molar-refractivity contribution in [1.29, 1.82) is 0 Å². The summed E-state index contributed by atoms with van der Waals surface area (Å²) in [6.07, 6.45) is 1.62. The van der Waals surface area contributed by atoms with E-state index in [0.717, 1.165) is 16.1 Å². The fraction of sp³-hybridized carbons (Fsp3) is 0.310. The summed E-state index contributed by atoms with van der Waals surface area (Å²) in [6.45, 7) is 0.271. The van der Waals surface area contributed by atoms with Crippen LogP contribution in [0, 0.1) is 5.82 Å². The third kappa shape index (κ3) is 9.27. The Morgan fingerprint density at radius 3 is 2.08 bits per heavy atom. The number of benzene rings is 3. The minimum absolute atomic E-state index is 0.00494. The predicted octanol–water partition coefficient (Wildman–Crippen LogP) is 3.51. The van der Waals surface area contributed by atoms with Crippen molar-refractivity contribution in [3.8, 4) is 0 Å². The SMILES string of the molecule is COCCCNC(=O)[C@@H](c1ccccc1)N(Cc1ccc(F)cc1)C(=O)CN(Cc1ccccc1)S(C)(=O)=O. The highest BCUT2D eigenvalue weighted by Gasteiger charge is 2.33. The molecule has 8 nitrogen and oxygen atoms in total. The van der Waals surface area contributed by atoms with Crippen molar-refractivity contribution in [1.82, 2.24) is 14.5 Å². The van der Waals surface area contributed by atoms with Crippen LogP contribution in [0.25, 0.3) is 0 Å². The van der Waals surface area contributed by atoms with Crippen LogP contribution in [0.15, 0.2) is 84.9 Å². The minimum Gasteiger partial charge on any atom is -0.385 e. The van der Waals surface area contributed by atoms with Gasteiger partial charge in [0.25, 0.3) is 0 Å². The van der Waals surface area contributed by atoms with Crippen molar-refractivity contribution in [2.24, 2.45) is 0 Å². The van der Waals surface area contributed by atoms with Crippen LogP contribution in [-0.2, 0) is 37.4 Å². The van der Waals surface area contributed by atoms with Crippen molar-refractivity contribution in [3.63, 3.8) is 0 Å². The molecule has 2 amide bonds. The van der Waals surface area contributed by atoms with Gasteiger partial charge in [-0.1, -0.05) is 72.8 Å². The zero-order valence-electron chi connectivity index (χ0n) is 22.1. The third-order valence-corrected chi connectivity index (χ3v) is 7.26. The molecule has 0 spiro atoms. The maximum Gasteiger partial charge on any atom is 0.247 e. The lowest BCUT2D eigenvalue weighted by atomic mass is 10.0. The van der Waals surface area contributed by atoms with Gasteiger partial charge in [-0.2, -0.15) is 4.31 Å². The molecule has 0 aliphatic rings. The largest absolute Gasteiger partial charge is 0.385 e. The standard InChI is InChI=1S/C29H34FN3O5S/c1-38-19-9-18-31-29(35)28(25-12-7-4-8-13-25)33(21-24-14-16-26(30)17-15-24)27(34)22-32(39(2,36)37)20-23-10-5-3-6-11-23/h3-8,10-17,28H,9,18-22H2,1-2H3,(H,31,35)/t28-/m1/s1. The number of amides is 2. The average Bonchev–Trinajstić information content (AvgIpc) is 2.92. The van der Waals surface area contributed by atoms with E-state index in [2.05, 4.69) is 5.32 Å². The summed E-state index contributed by atoms with van der Waals surface area (Å²) < 4.78 is 45.1. The number of carbonyl (C=O) groups excluding carboxylic acids is 2. The first-order valence-corrected chi connectivity index (χ1v) is 14.4. The number of nitrogens with zero attached hydrogens (tertiary/aromatic N) is 2. The molecule has 0 bridgehead atoms. The molecule has 1 N–H and O–H groups in total. The number of ether oxygens (including phenoxy) is 1. The topological polar surface area (TPSA) is 96.0 Å². The second kappa shape index (κ2) is 14.5. The molecule has 208 valence electrons. The van der Waals surface area contributed by atoms with Gasteiger partial charge in [-0.25, -0.2) is 12.8 Å². The first-order chi connectivity index (χ1) is 18.7. The molecule has 3 aromatic carbocycles. The van der Waals surface area contributed by atoms with E-state index in [-0.39, 0.29) is 13.1 Å². The molecule has 0 unspecified atom stereocenters. The summed E-state index contributed by atoms with van der Waals surface area (Å²) >= 11 is 0. The van der Waals surface area contributed by atoms with Crippen LogP contribution in [-0.4, -0.2) is 62.5 Å². The van der Waals surface area contributed by atoms with Crippen molar-refractivity contribution in [2.75, 3.05) is 33.1 Å². The number of sulfonamides is 1. The van der Waals surface area contributed by atoms with E-state index in [0.29, 0.717) is 30.7 Å². The van der Waals surface area contributed by atoms with Gasteiger partial charge in [0.05, 0.1) is 12.8 Å². The fourth-order valence-electron chi connectivity index (χ4n) is 4.06. The summed E-state index contributed by atoms with van der Waals surface area (Å²) in [7, 11) is -2.21. The zero-order chi connectivity index (χ0) is 28.3. The molecule has 0 fully saturated rings. The Hall–Kier alpha value is -3.60. The van der Waals surface area contributed by atoms with Crippen LogP contribution in [0.5, 0.6) is 0 Å². The molecule has 0 aliphatic heterocycles. The molecule has 0 heterocycles. The lowest BCUT2D eigenvalue weighted by molar-refractivity contribution is -0.141. The van der Waals surface area contributed by atoms with Gasteiger partial charge in [-0.15, -0.1) is 0 Å². The van der Waals surface area contributed by atoms with Gasteiger partial charge in [0.2, 0.25) is 21.8 Å². The molecule has 0 radical (unpaired) electrons.